The number of aromatic amines is 1. The molecule has 1 aromatic heterocycles. The molecular formula is C13H18ClN5O4S. The molecule has 1 unspecified atom stereocenters. The number of carbonyl (C=O) groups is 1. The molecule has 0 aromatic carbocycles. The Morgan fingerprint density at radius 1 is 1.33 bits per heavy atom. The minimum atomic E-state index is -3.03. The maximum absolute atomic E-state index is 12.0. The summed E-state index contributed by atoms with van der Waals surface area (Å²) in [5.74, 6) is 0.106. The summed E-state index contributed by atoms with van der Waals surface area (Å²) in [5.41, 5.74) is 0.0813. The van der Waals surface area contributed by atoms with Crippen LogP contribution in [0.25, 0.3) is 0 Å². The van der Waals surface area contributed by atoms with E-state index in [9.17, 15) is 18.0 Å². The van der Waals surface area contributed by atoms with Crippen LogP contribution in [-0.2, 0) is 9.84 Å². The van der Waals surface area contributed by atoms with E-state index >= 15 is 0 Å². The second kappa shape index (κ2) is 6.60. The average molecular weight is 376 g/mol. The van der Waals surface area contributed by atoms with Crippen LogP contribution in [0.2, 0.25) is 5.02 Å². The van der Waals surface area contributed by atoms with Gasteiger partial charge in [0.05, 0.1) is 23.4 Å². The van der Waals surface area contributed by atoms with Crippen molar-refractivity contribution in [2.24, 2.45) is 0 Å². The van der Waals surface area contributed by atoms with Crippen LogP contribution >= 0.6 is 11.6 Å². The smallest absolute Gasteiger partial charge is 0.315 e. The number of nitrogens with zero attached hydrogens (tertiary/aromatic N) is 2. The zero-order chi connectivity index (χ0) is 17.3. The van der Waals surface area contributed by atoms with Gasteiger partial charge < -0.3 is 15.5 Å². The van der Waals surface area contributed by atoms with Gasteiger partial charge in [-0.2, -0.15) is 5.10 Å². The normalized spacial score (nSPS) is 25.6. The number of anilines is 1. The molecule has 3 rings (SSSR count). The van der Waals surface area contributed by atoms with Gasteiger partial charge in [-0.05, 0) is 12.8 Å². The van der Waals surface area contributed by atoms with E-state index in [4.69, 9.17) is 11.6 Å². The maximum Gasteiger partial charge on any atom is 0.315 e. The van der Waals surface area contributed by atoms with Gasteiger partial charge in [0.25, 0.3) is 5.56 Å². The van der Waals surface area contributed by atoms with Gasteiger partial charge in [0.1, 0.15) is 5.02 Å². The lowest BCUT2D eigenvalue weighted by atomic mass is 10.2. The Bertz CT molecular complexity index is 796. The molecule has 0 bridgehead atoms. The van der Waals surface area contributed by atoms with Crippen LogP contribution in [0.1, 0.15) is 12.8 Å². The lowest BCUT2D eigenvalue weighted by Crippen LogP contribution is -2.47. The van der Waals surface area contributed by atoms with Crippen molar-refractivity contribution in [1.82, 2.24) is 20.8 Å². The van der Waals surface area contributed by atoms with Crippen LogP contribution in [0.4, 0.5) is 10.5 Å². The number of carbonyl (C=O) groups excluding carboxylic acids is 1. The molecule has 0 radical (unpaired) electrons. The van der Waals surface area contributed by atoms with E-state index < -0.39 is 15.4 Å². The molecule has 0 saturated carbocycles. The predicted molar refractivity (Wildman–Crippen MR) is 89.2 cm³/mol. The molecule has 2 atom stereocenters. The number of aromatic nitrogens is 2. The number of amides is 2. The van der Waals surface area contributed by atoms with Gasteiger partial charge in [0.2, 0.25) is 0 Å². The van der Waals surface area contributed by atoms with Gasteiger partial charge in [-0.15, -0.1) is 0 Å². The van der Waals surface area contributed by atoms with E-state index in [1.54, 1.807) is 0 Å². The molecule has 3 heterocycles. The van der Waals surface area contributed by atoms with E-state index in [2.05, 4.69) is 20.8 Å². The third-order valence-corrected chi connectivity index (χ3v) is 6.34. The number of rotatable bonds is 3. The Kier molecular flexibility index (Phi) is 4.68. The molecule has 2 aliphatic rings. The monoisotopic (exact) mass is 375 g/mol. The summed E-state index contributed by atoms with van der Waals surface area (Å²) < 4.78 is 22.8. The summed E-state index contributed by atoms with van der Waals surface area (Å²) in [4.78, 5) is 25.4. The van der Waals surface area contributed by atoms with Crippen molar-refractivity contribution < 1.29 is 13.2 Å². The second-order valence-corrected chi connectivity index (χ2v) is 8.65. The zero-order valence-electron chi connectivity index (χ0n) is 12.8. The molecule has 2 saturated heterocycles. The van der Waals surface area contributed by atoms with Gasteiger partial charge >= 0.3 is 6.03 Å². The Morgan fingerprint density at radius 2 is 2.08 bits per heavy atom. The molecule has 3 N–H and O–H groups in total. The van der Waals surface area contributed by atoms with Crippen molar-refractivity contribution in [3.63, 3.8) is 0 Å². The fourth-order valence-corrected chi connectivity index (χ4v) is 4.90. The third-order valence-electron chi connectivity index (χ3n) is 4.21. The van der Waals surface area contributed by atoms with Crippen LogP contribution in [0.5, 0.6) is 0 Å². The molecule has 1 aromatic rings. The zero-order valence-corrected chi connectivity index (χ0v) is 14.4. The summed E-state index contributed by atoms with van der Waals surface area (Å²) in [6, 6.07) is -0.823. The number of urea groups is 1. The number of hydrogen-bond donors (Lipinski definition) is 3. The Morgan fingerprint density at radius 3 is 2.79 bits per heavy atom. The SMILES string of the molecule is O=C(NC1CCS(=O)(=O)C1)N[C@@H]1CCN(c2cn[nH]c(=O)c2Cl)C1. The van der Waals surface area contributed by atoms with Crippen LogP contribution in [0.3, 0.4) is 0 Å². The van der Waals surface area contributed by atoms with Gasteiger partial charge in [-0.3, -0.25) is 4.79 Å². The van der Waals surface area contributed by atoms with E-state index in [1.807, 2.05) is 4.90 Å². The van der Waals surface area contributed by atoms with Gasteiger partial charge in [-0.1, -0.05) is 11.6 Å². The van der Waals surface area contributed by atoms with Crippen molar-refractivity contribution in [3.8, 4) is 0 Å². The minimum absolute atomic E-state index is 0.00865. The first-order valence-corrected chi connectivity index (χ1v) is 9.79. The lowest BCUT2D eigenvalue weighted by molar-refractivity contribution is 0.235. The molecule has 11 heteroatoms. The summed E-state index contributed by atoms with van der Waals surface area (Å²) in [7, 11) is -3.03. The highest BCUT2D eigenvalue weighted by atomic mass is 35.5. The lowest BCUT2D eigenvalue weighted by Gasteiger charge is -2.20. The van der Waals surface area contributed by atoms with Gasteiger partial charge in [0, 0.05) is 25.2 Å². The van der Waals surface area contributed by atoms with Crippen molar-refractivity contribution >= 4 is 33.2 Å². The molecule has 0 spiro atoms. The van der Waals surface area contributed by atoms with E-state index in [0.717, 1.165) is 0 Å². The number of H-pyrrole nitrogens is 1. The van der Waals surface area contributed by atoms with Crippen molar-refractivity contribution in [1.29, 1.82) is 0 Å². The molecule has 132 valence electrons. The Labute approximate surface area is 143 Å². The number of halogens is 1. The van der Waals surface area contributed by atoms with E-state index in [1.165, 1.54) is 6.20 Å². The topological polar surface area (TPSA) is 124 Å². The highest BCUT2D eigenvalue weighted by molar-refractivity contribution is 7.91. The molecule has 2 fully saturated rings. The van der Waals surface area contributed by atoms with Crippen molar-refractivity contribution in [2.75, 3.05) is 29.5 Å². The fraction of sp³-hybridized carbons (Fsp3) is 0.615. The summed E-state index contributed by atoms with van der Waals surface area (Å²) >= 11 is 5.98. The first-order valence-electron chi connectivity index (χ1n) is 7.59. The molecule has 2 amide bonds. The first-order chi connectivity index (χ1) is 11.3. The molecule has 9 nitrogen and oxygen atoms in total. The fourth-order valence-electron chi connectivity index (χ4n) is 3.01. The van der Waals surface area contributed by atoms with Gasteiger partial charge in [-0.25, -0.2) is 18.3 Å². The van der Waals surface area contributed by atoms with Crippen LogP contribution in [0.15, 0.2) is 11.0 Å². The highest BCUT2D eigenvalue weighted by Crippen LogP contribution is 2.24. The quantitative estimate of drug-likeness (QED) is 0.653. The van der Waals surface area contributed by atoms with Crippen LogP contribution in [0, 0.1) is 0 Å². The third kappa shape index (κ3) is 3.81. The van der Waals surface area contributed by atoms with Crippen LogP contribution in [-0.4, -0.2) is 61.3 Å². The summed E-state index contributed by atoms with van der Waals surface area (Å²) in [6.07, 6.45) is 2.62. The van der Waals surface area contributed by atoms with Crippen molar-refractivity contribution in [3.05, 3.63) is 21.6 Å². The van der Waals surface area contributed by atoms with Gasteiger partial charge in [0.15, 0.2) is 9.84 Å². The molecular weight excluding hydrogens is 358 g/mol. The number of hydrogen-bond acceptors (Lipinski definition) is 6. The number of sulfone groups is 1. The molecule has 0 aliphatic carbocycles. The standard InChI is InChI=1S/C13H18ClN5O4S/c14-11-10(5-15-18-12(11)20)19-3-1-8(6-19)16-13(21)17-9-2-4-24(22,23)7-9/h5,8-9H,1-4,6-7H2,(H,18,20)(H2,16,17,21)/t8-,9?/m1/s1. The van der Waals surface area contributed by atoms with Crippen molar-refractivity contribution in [2.45, 2.75) is 24.9 Å². The minimum Gasteiger partial charge on any atom is -0.367 e. The second-order valence-electron chi connectivity index (χ2n) is 6.05. The average Bonchev–Trinajstić information content (AvgIpc) is 3.08. The predicted octanol–water partition coefficient (Wildman–Crippen LogP) is -0.512. The summed E-state index contributed by atoms with van der Waals surface area (Å²) in [6.45, 7) is 1.13. The van der Waals surface area contributed by atoms with E-state index in [-0.39, 0.29) is 34.6 Å². The number of nitrogens with one attached hydrogen (secondary N) is 3. The first kappa shape index (κ1) is 17.0. The largest absolute Gasteiger partial charge is 0.367 e. The molecule has 24 heavy (non-hydrogen) atoms. The maximum atomic E-state index is 12.0. The summed E-state index contributed by atoms with van der Waals surface area (Å²) in [5, 5.41) is 11.6. The van der Waals surface area contributed by atoms with E-state index in [0.29, 0.717) is 31.6 Å². The Balaban J connectivity index is 1.54. The molecule has 2 aliphatic heterocycles. The highest BCUT2D eigenvalue weighted by Gasteiger charge is 2.30. The van der Waals surface area contributed by atoms with Crippen LogP contribution < -0.4 is 21.1 Å². The Hall–Kier alpha value is -1.81.